The van der Waals surface area contributed by atoms with Gasteiger partial charge in [-0.3, -0.25) is 24.3 Å². The highest BCUT2D eigenvalue weighted by atomic mass is 16.5. The standard InChI is InChI=1S/C32H40N8O6/c41-27-14-25-29(43)30(44)26(46-25)17-34-31(45)24(13-23-20-40(38-37-23)19-22-7-4-10-33-16-22)35-28(42)15-32(36-27)8-11-39(12-9-32)18-21-5-2-1-3-6-21/h1-7,10,16,20,24-26,29-30,43-44H,8-9,11-15,17-19H2,(H,34,45)(H,35,42)(H,36,41)/t24-,25+,26-,29?,30?/m1/s1. The van der Waals surface area contributed by atoms with Crippen molar-refractivity contribution in [2.24, 2.45) is 0 Å². The number of likely N-dealkylation sites (tertiary alicyclic amines) is 1. The maximum absolute atomic E-state index is 13.6. The van der Waals surface area contributed by atoms with Crippen LogP contribution in [0.15, 0.2) is 61.1 Å². The molecule has 244 valence electrons. The molecule has 0 aliphatic carbocycles. The van der Waals surface area contributed by atoms with E-state index >= 15 is 0 Å². The average molecular weight is 633 g/mol. The van der Waals surface area contributed by atoms with E-state index in [9.17, 15) is 24.6 Å². The lowest BCUT2D eigenvalue weighted by atomic mass is 9.83. The van der Waals surface area contributed by atoms with Gasteiger partial charge < -0.3 is 30.9 Å². The fourth-order valence-corrected chi connectivity index (χ4v) is 6.50. The fourth-order valence-electron chi connectivity index (χ4n) is 6.50. The van der Waals surface area contributed by atoms with E-state index in [-0.39, 0.29) is 37.6 Å². The molecule has 0 radical (unpaired) electrons. The van der Waals surface area contributed by atoms with Crippen LogP contribution in [0.5, 0.6) is 0 Å². The molecular weight excluding hydrogens is 592 g/mol. The lowest BCUT2D eigenvalue weighted by molar-refractivity contribution is -0.133. The number of piperidine rings is 1. The van der Waals surface area contributed by atoms with E-state index in [1.54, 1.807) is 23.3 Å². The Balaban J connectivity index is 1.19. The van der Waals surface area contributed by atoms with Crippen LogP contribution in [0.1, 0.15) is 42.5 Å². The number of nitrogens with zero attached hydrogens (tertiary/aromatic N) is 5. The number of hydrogen-bond donors (Lipinski definition) is 5. The molecule has 6 rings (SSSR count). The van der Waals surface area contributed by atoms with Crippen LogP contribution < -0.4 is 16.0 Å². The molecule has 2 unspecified atom stereocenters. The molecule has 14 heteroatoms. The predicted octanol–water partition coefficient (Wildman–Crippen LogP) is -0.701. The summed E-state index contributed by atoms with van der Waals surface area (Å²) in [6, 6.07) is 12.8. The number of aliphatic hydroxyl groups is 2. The number of nitrogens with one attached hydrogen (secondary N) is 3. The lowest BCUT2D eigenvalue weighted by Crippen LogP contribution is -2.59. The van der Waals surface area contributed by atoms with Crippen molar-refractivity contribution in [2.75, 3.05) is 19.6 Å². The Labute approximate surface area is 266 Å². The van der Waals surface area contributed by atoms with Gasteiger partial charge in [-0.05, 0) is 30.0 Å². The normalized spacial score (nSPS) is 27.4. The molecule has 5 atom stereocenters. The van der Waals surface area contributed by atoms with Gasteiger partial charge in [-0.2, -0.15) is 0 Å². The Bertz CT molecular complexity index is 1500. The van der Waals surface area contributed by atoms with Gasteiger partial charge in [0.2, 0.25) is 17.7 Å². The second-order valence-corrected chi connectivity index (χ2v) is 12.5. The first kappa shape index (κ1) is 31.7. The van der Waals surface area contributed by atoms with E-state index in [1.807, 2.05) is 30.3 Å². The number of carbonyl (C=O) groups excluding carboxylic acids is 3. The number of rotatable bonds is 6. The zero-order valence-electron chi connectivity index (χ0n) is 25.5. The number of aromatic nitrogens is 4. The Kier molecular flexibility index (Phi) is 9.68. The van der Waals surface area contributed by atoms with Gasteiger partial charge in [-0.15, -0.1) is 5.10 Å². The molecule has 3 aliphatic heterocycles. The van der Waals surface area contributed by atoms with E-state index in [2.05, 4.69) is 48.3 Å². The van der Waals surface area contributed by atoms with Gasteiger partial charge >= 0.3 is 0 Å². The first-order valence-corrected chi connectivity index (χ1v) is 15.7. The van der Waals surface area contributed by atoms with Crippen molar-refractivity contribution < 1.29 is 29.3 Å². The summed E-state index contributed by atoms with van der Waals surface area (Å²) in [5.41, 5.74) is 1.74. The van der Waals surface area contributed by atoms with Gasteiger partial charge in [0.15, 0.2) is 0 Å². The maximum atomic E-state index is 13.6. The smallest absolute Gasteiger partial charge is 0.243 e. The zero-order valence-corrected chi connectivity index (χ0v) is 25.5. The molecular formula is C32H40N8O6. The number of hydrogen-bond acceptors (Lipinski definition) is 10. The summed E-state index contributed by atoms with van der Waals surface area (Å²) < 4.78 is 7.47. The number of carbonyl (C=O) groups is 3. The molecule has 3 aromatic rings. The number of fused-ring (bicyclic) bond motifs is 2. The van der Waals surface area contributed by atoms with E-state index in [0.29, 0.717) is 38.2 Å². The molecule has 0 saturated carbocycles. The highest BCUT2D eigenvalue weighted by Crippen LogP contribution is 2.29. The number of pyridine rings is 1. The van der Waals surface area contributed by atoms with Gasteiger partial charge in [0.1, 0.15) is 24.4 Å². The Morgan fingerprint density at radius 2 is 1.70 bits per heavy atom. The first-order valence-electron chi connectivity index (χ1n) is 15.7. The number of benzene rings is 1. The lowest BCUT2D eigenvalue weighted by Gasteiger charge is -2.42. The maximum Gasteiger partial charge on any atom is 0.243 e. The SMILES string of the molecule is O=C1CC2(CCN(Cc3ccccc3)CC2)NC(=O)C[C@@H]2O[C@H](CNC(=O)[C@@H](Cc3cn(Cc4cccnc4)nn3)N1)C(O)C2O. The van der Waals surface area contributed by atoms with E-state index in [0.717, 1.165) is 12.1 Å². The molecule has 5 N–H and O–H groups in total. The molecule has 46 heavy (non-hydrogen) atoms. The molecule has 3 fully saturated rings. The van der Waals surface area contributed by atoms with Crippen LogP contribution in [0.2, 0.25) is 0 Å². The van der Waals surface area contributed by atoms with Gasteiger partial charge in [-0.25, -0.2) is 4.68 Å². The zero-order chi connectivity index (χ0) is 32.1. The molecule has 1 spiro atoms. The Morgan fingerprint density at radius 3 is 2.46 bits per heavy atom. The van der Waals surface area contributed by atoms with Crippen LogP contribution in [-0.4, -0.2) is 108 Å². The quantitative estimate of drug-likeness (QED) is 0.233. The van der Waals surface area contributed by atoms with E-state index < -0.39 is 41.9 Å². The highest BCUT2D eigenvalue weighted by Gasteiger charge is 2.45. The topological polar surface area (TPSA) is 184 Å². The molecule has 5 heterocycles. The van der Waals surface area contributed by atoms with Gasteiger partial charge in [0, 0.05) is 57.6 Å². The van der Waals surface area contributed by atoms with Crippen LogP contribution in [-0.2, 0) is 38.6 Å². The predicted molar refractivity (Wildman–Crippen MR) is 164 cm³/mol. The van der Waals surface area contributed by atoms with Crippen molar-refractivity contribution >= 4 is 17.7 Å². The number of aliphatic hydroxyl groups excluding tert-OH is 2. The summed E-state index contributed by atoms with van der Waals surface area (Å²) in [6.45, 7) is 2.37. The molecule has 3 amide bonds. The molecule has 3 saturated heterocycles. The fraction of sp³-hybridized carbons (Fsp3) is 0.500. The summed E-state index contributed by atoms with van der Waals surface area (Å²) in [6.07, 6.45) is 1.54. The van der Waals surface area contributed by atoms with Crippen LogP contribution in [0.25, 0.3) is 0 Å². The van der Waals surface area contributed by atoms with Crippen molar-refractivity contribution in [3.05, 3.63) is 77.9 Å². The van der Waals surface area contributed by atoms with Gasteiger partial charge in [0.05, 0.1) is 30.3 Å². The van der Waals surface area contributed by atoms with Crippen LogP contribution in [0.3, 0.4) is 0 Å². The Morgan fingerprint density at radius 1 is 0.935 bits per heavy atom. The van der Waals surface area contributed by atoms with Crippen LogP contribution >= 0.6 is 0 Å². The van der Waals surface area contributed by atoms with E-state index in [4.69, 9.17) is 4.74 Å². The average Bonchev–Trinajstić information content (AvgIpc) is 3.59. The monoisotopic (exact) mass is 632 g/mol. The largest absolute Gasteiger partial charge is 0.388 e. The van der Waals surface area contributed by atoms with Crippen molar-refractivity contribution in [3.8, 4) is 0 Å². The molecule has 3 aliphatic rings. The summed E-state index contributed by atoms with van der Waals surface area (Å²) >= 11 is 0. The summed E-state index contributed by atoms with van der Waals surface area (Å²) in [7, 11) is 0. The van der Waals surface area contributed by atoms with Crippen LogP contribution in [0, 0.1) is 0 Å². The molecule has 2 bridgehead atoms. The minimum absolute atomic E-state index is 0.0330. The van der Waals surface area contributed by atoms with Crippen molar-refractivity contribution in [2.45, 2.75) is 81.2 Å². The third-order valence-corrected chi connectivity index (χ3v) is 9.01. The Hall–Kier alpha value is -4.24. The molecule has 14 nitrogen and oxygen atoms in total. The number of amides is 3. The van der Waals surface area contributed by atoms with E-state index in [1.165, 1.54) is 5.56 Å². The van der Waals surface area contributed by atoms with Crippen molar-refractivity contribution in [1.29, 1.82) is 0 Å². The van der Waals surface area contributed by atoms with Gasteiger partial charge in [-0.1, -0.05) is 41.6 Å². The van der Waals surface area contributed by atoms with Crippen molar-refractivity contribution in [3.63, 3.8) is 0 Å². The summed E-state index contributed by atoms with van der Waals surface area (Å²) in [5.74, 6) is -1.24. The second kappa shape index (κ2) is 14.0. The third kappa shape index (κ3) is 7.76. The molecule has 2 aromatic heterocycles. The highest BCUT2D eigenvalue weighted by molar-refractivity contribution is 5.88. The van der Waals surface area contributed by atoms with Crippen LogP contribution in [0.4, 0.5) is 0 Å². The second-order valence-electron chi connectivity index (χ2n) is 12.5. The minimum atomic E-state index is -1.30. The summed E-state index contributed by atoms with van der Waals surface area (Å²) in [5, 5.41) is 38.4. The van der Waals surface area contributed by atoms with Crippen molar-refractivity contribution in [1.82, 2.24) is 40.8 Å². The minimum Gasteiger partial charge on any atom is -0.388 e. The van der Waals surface area contributed by atoms with Gasteiger partial charge in [0.25, 0.3) is 0 Å². The molecule has 1 aromatic carbocycles. The third-order valence-electron chi connectivity index (χ3n) is 9.01. The number of ether oxygens (including phenoxy) is 1. The summed E-state index contributed by atoms with van der Waals surface area (Å²) in [4.78, 5) is 46.8. The first-order chi connectivity index (χ1) is 22.2.